The van der Waals surface area contributed by atoms with Crippen LogP contribution in [0.15, 0.2) is 6.20 Å². The number of H-pyrrole nitrogens is 1. The molecule has 16 heavy (non-hydrogen) atoms. The zero-order chi connectivity index (χ0) is 12.2. The zero-order valence-corrected chi connectivity index (χ0v) is 9.83. The van der Waals surface area contributed by atoms with Gasteiger partial charge in [0.2, 0.25) is 0 Å². The minimum atomic E-state index is -0.473. The fourth-order valence-electron chi connectivity index (χ4n) is 1.10. The van der Waals surface area contributed by atoms with E-state index in [2.05, 4.69) is 15.3 Å². The molecule has 0 unspecified atom stereocenters. The largest absolute Gasteiger partial charge is 0.444 e. The molecule has 0 atom stereocenters. The predicted octanol–water partition coefficient (Wildman–Crippen LogP) is 1.06. The number of rotatable bonds is 3. The van der Waals surface area contributed by atoms with E-state index in [1.807, 2.05) is 20.8 Å². The van der Waals surface area contributed by atoms with Gasteiger partial charge in [-0.1, -0.05) is 0 Å². The number of carbonyl (C=O) groups is 1. The normalized spacial score (nSPS) is 11.2. The molecule has 0 saturated carbocycles. The van der Waals surface area contributed by atoms with Gasteiger partial charge in [-0.25, -0.2) is 9.78 Å². The van der Waals surface area contributed by atoms with Crippen molar-refractivity contribution in [2.75, 3.05) is 12.3 Å². The van der Waals surface area contributed by atoms with Crippen molar-refractivity contribution in [3.8, 4) is 0 Å². The number of imidazole rings is 1. The molecule has 0 aliphatic heterocycles. The number of nitrogens with one attached hydrogen (secondary N) is 2. The molecule has 1 aromatic rings. The van der Waals surface area contributed by atoms with E-state index in [9.17, 15) is 4.79 Å². The lowest BCUT2D eigenvalue weighted by molar-refractivity contribution is 0.0528. The molecule has 1 rings (SSSR count). The number of aromatic amines is 1. The average Bonchev–Trinajstić information content (AvgIpc) is 2.48. The third-order valence-electron chi connectivity index (χ3n) is 1.68. The van der Waals surface area contributed by atoms with Crippen LogP contribution in [0.1, 0.15) is 26.6 Å². The minimum Gasteiger partial charge on any atom is -0.444 e. The van der Waals surface area contributed by atoms with Crippen molar-refractivity contribution in [3.05, 3.63) is 12.0 Å². The first kappa shape index (κ1) is 12.4. The Kier molecular flexibility index (Phi) is 3.76. The highest BCUT2D eigenvalue weighted by atomic mass is 16.6. The van der Waals surface area contributed by atoms with Gasteiger partial charge < -0.3 is 20.8 Å². The van der Waals surface area contributed by atoms with Gasteiger partial charge in [0.25, 0.3) is 0 Å². The van der Waals surface area contributed by atoms with Crippen LogP contribution in [0.2, 0.25) is 0 Å². The molecule has 1 amide bonds. The van der Waals surface area contributed by atoms with Crippen molar-refractivity contribution in [2.45, 2.75) is 32.8 Å². The van der Waals surface area contributed by atoms with E-state index in [1.165, 1.54) is 0 Å². The number of amides is 1. The van der Waals surface area contributed by atoms with E-state index in [1.54, 1.807) is 6.20 Å². The molecule has 0 aliphatic rings. The molecule has 0 aromatic carbocycles. The summed E-state index contributed by atoms with van der Waals surface area (Å²) in [6.07, 6.45) is 1.71. The van der Waals surface area contributed by atoms with E-state index < -0.39 is 11.7 Å². The molecule has 90 valence electrons. The highest BCUT2D eigenvalue weighted by molar-refractivity contribution is 5.67. The molecule has 0 aliphatic carbocycles. The lowest BCUT2D eigenvalue weighted by Gasteiger charge is -2.19. The first-order valence-electron chi connectivity index (χ1n) is 5.13. The van der Waals surface area contributed by atoms with Gasteiger partial charge in [-0.2, -0.15) is 0 Å². The highest BCUT2D eigenvalue weighted by Crippen LogP contribution is 2.06. The third kappa shape index (κ3) is 4.68. The number of hydrogen-bond acceptors (Lipinski definition) is 4. The number of nitrogen functional groups attached to an aromatic ring is 1. The van der Waals surface area contributed by atoms with Crippen molar-refractivity contribution in [1.82, 2.24) is 15.3 Å². The van der Waals surface area contributed by atoms with Crippen molar-refractivity contribution < 1.29 is 9.53 Å². The van der Waals surface area contributed by atoms with Crippen LogP contribution in [0, 0.1) is 0 Å². The monoisotopic (exact) mass is 226 g/mol. The van der Waals surface area contributed by atoms with Gasteiger partial charge in [-0.3, -0.25) is 0 Å². The molecule has 6 nitrogen and oxygen atoms in total. The summed E-state index contributed by atoms with van der Waals surface area (Å²) < 4.78 is 5.08. The van der Waals surface area contributed by atoms with Gasteiger partial charge in [0, 0.05) is 13.0 Å². The Hall–Kier alpha value is -1.72. The summed E-state index contributed by atoms with van der Waals surface area (Å²) in [5.74, 6) is 1.26. The number of nitrogens with zero attached hydrogens (tertiary/aromatic N) is 1. The van der Waals surface area contributed by atoms with Crippen LogP contribution in [-0.2, 0) is 11.2 Å². The second kappa shape index (κ2) is 4.87. The van der Waals surface area contributed by atoms with Crippen LogP contribution in [0.25, 0.3) is 0 Å². The molecule has 0 bridgehead atoms. The average molecular weight is 226 g/mol. The summed E-state index contributed by atoms with van der Waals surface area (Å²) >= 11 is 0. The lowest BCUT2D eigenvalue weighted by Crippen LogP contribution is -2.33. The number of nitrogens with two attached hydrogens (primary N) is 1. The summed E-state index contributed by atoms with van der Waals surface area (Å²) in [7, 11) is 0. The topological polar surface area (TPSA) is 93.0 Å². The first-order valence-corrected chi connectivity index (χ1v) is 5.13. The Bertz CT molecular complexity index is 354. The Balaban J connectivity index is 2.23. The Morgan fingerprint density at radius 2 is 2.31 bits per heavy atom. The Morgan fingerprint density at radius 1 is 1.62 bits per heavy atom. The van der Waals surface area contributed by atoms with Crippen molar-refractivity contribution in [2.24, 2.45) is 0 Å². The summed E-state index contributed by atoms with van der Waals surface area (Å²) in [5.41, 5.74) is 4.99. The van der Waals surface area contributed by atoms with E-state index in [0.29, 0.717) is 18.8 Å². The quantitative estimate of drug-likeness (QED) is 0.718. The van der Waals surface area contributed by atoms with Crippen LogP contribution in [-0.4, -0.2) is 28.2 Å². The molecule has 6 heteroatoms. The van der Waals surface area contributed by atoms with Gasteiger partial charge in [0.1, 0.15) is 17.2 Å². The predicted molar refractivity (Wildman–Crippen MR) is 60.9 cm³/mol. The van der Waals surface area contributed by atoms with Crippen LogP contribution < -0.4 is 11.1 Å². The molecular weight excluding hydrogens is 208 g/mol. The number of ether oxygens (including phenoxy) is 1. The number of hydrogen-bond donors (Lipinski definition) is 3. The molecule has 4 N–H and O–H groups in total. The molecule has 0 saturated heterocycles. The Morgan fingerprint density at radius 3 is 2.81 bits per heavy atom. The van der Waals surface area contributed by atoms with Gasteiger partial charge >= 0.3 is 6.09 Å². The van der Waals surface area contributed by atoms with Crippen LogP contribution in [0.5, 0.6) is 0 Å². The summed E-state index contributed by atoms with van der Waals surface area (Å²) in [6.45, 7) is 5.92. The molecular formula is C10H18N4O2. The van der Waals surface area contributed by atoms with Crippen molar-refractivity contribution >= 4 is 11.9 Å². The number of aromatic nitrogens is 2. The van der Waals surface area contributed by atoms with Gasteiger partial charge in [-0.05, 0) is 20.8 Å². The fraction of sp³-hybridized carbons (Fsp3) is 0.600. The summed E-state index contributed by atoms with van der Waals surface area (Å²) in [5, 5.41) is 2.63. The molecule has 1 heterocycles. The summed E-state index contributed by atoms with van der Waals surface area (Å²) in [6, 6.07) is 0. The number of carbonyl (C=O) groups excluding carboxylic acids is 1. The fourth-order valence-corrected chi connectivity index (χ4v) is 1.10. The maximum absolute atomic E-state index is 11.3. The van der Waals surface area contributed by atoms with Crippen molar-refractivity contribution in [3.63, 3.8) is 0 Å². The standard InChI is InChI=1S/C10H18N4O2/c1-10(2,3)16-9(15)12-5-4-8-13-6-7(11)14-8/h6H,4-5,11H2,1-3H3,(H,12,15)(H,13,14). The first-order chi connectivity index (χ1) is 7.37. The van der Waals surface area contributed by atoms with E-state index in [4.69, 9.17) is 10.5 Å². The number of anilines is 1. The smallest absolute Gasteiger partial charge is 0.407 e. The maximum atomic E-state index is 11.3. The zero-order valence-electron chi connectivity index (χ0n) is 9.83. The van der Waals surface area contributed by atoms with Gasteiger partial charge in [-0.15, -0.1) is 0 Å². The van der Waals surface area contributed by atoms with Gasteiger partial charge in [0.15, 0.2) is 0 Å². The van der Waals surface area contributed by atoms with Crippen LogP contribution >= 0.6 is 0 Å². The van der Waals surface area contributed by atoms with E-state index >= 15 is 0 Å². The van der Waals surface area contributed by atoms with Crippen molar-refractivity contribution in [1.29, 1.82) is 0 Å². The molecule has 0 radical (unpaired) electrons. The second-order valence-electron chi connectivity index (χ2n) is 4.46. The molecule has 1 aromatic heterocycles. The third-order valence-corrected chi connectivity index (χ3v) is 1.68. The Labute approximate surface area is 94.6 Å². The van der Waals surface area contributed by atoms with Crippen LogP contribution in [0.3, 0.4) is 0 Å². The van der Waals surface area contributed by atoms with Crippen LogP contribution in [0.4, 0.5) is 10.6 Å². The lowest BCUT2D eigenvalue weighted by atomic mass is 10.2. The van der Waals surface area contributed by atoms with E-state index in [0.717, 1.165) is 5.82 Å². The maximum Gasteiger partial charge on any atom is 0.407 e. The second-order valence-corrected chi connectivity index (χ2v) is 4.46. The number of alkyl carbamates (subject to hydrolysis) is 1. The highest BCUT2D eigenvalue weighted by Gasteiger charge is 2.15. The molecule has 0 spiro atoms. The molecule has 0 fully saturated rings. The SMILES string of the molecule is CC(C)(C)OC(=O)NCCc1ncc(N)[nH]1. The van der Waals surface area contributed by atoms with E-state index in [-0.39, 0.29) is 0 Å². The van der Waals surface area contributed by atoms with Gasteiger partial charge in [0.05, 0.1) is 6.20 Å². The minimum absolute atomic E-state index is 0.424. The summed E-state index contributed by atoms with van der Waals surface area (Å²) in [4.78, 5) is 18.2.